The number of rotatable bonds is 4. The molecular weight excluding hydrogens is 262 g/mol. The number of carbonyl (C=O) groups excluding carboxylic acids is 1. The predicted molar refractivity (Wildman–Crippen MR) is 73.1 cm³/mol. The quantitative estimate of drug-likeness (QED) is 0.902. The minimum absolute atomic E-state index is 0.165. The fourth-order valence-corrected chi connectivity index (χ4v) is 1.90. The van der Waals surface area contributed by atoms with Crippen molar-refractivity contribution in [3.05, 3.63) is 65.2 Å². The standard InChI is InChI=1S/C15H14F2N2O/c1-9-8-10(6-7-11(9)16)14(15(18)20)19-13-5-3-2-4-12(13)17/h2-8,14,19H,1H3,(H2,18,20). The van der Waals surface area contributed by atoms with Gasteiger partial charge in [0, 0.05) is 0 Å². The van der Waals surface area contributed by atoms with Gasteiger partial charge in [-0.3, -0.25) is 4.79 Å². The highest BCUT2D eigenvalue weighted by Gasteiger charge is 2.19. The summed E-state index contributed by atoms with van der Waals surface area (Å²) in [5, 5.41) is 2.74. The van der Waals surface area contributed by atoms with Gasteiger partial charge in [0.05, 0.1) is 5.69 Å². The molecule has 104 valence electrons. The lowest BCUT2D eigenvalue weighted by Crippen LogP contribution is -2.28. The molecule has 2 aromatic carbocycles. The van der Waals surface area contributed by atoms with E-state index in [4.69, 9.17) is 5.73 Å². The zero-order valence-electron chi connectivity index (χ0n) is 10.9. The van der Waals surface area contributed by atoms with E-state index in [0.717, 1.165) is 0 Å². The minimum Gasteiger partial charge on any atom is -0.368 e. The highest BCUT2D eigenvalue weighted by Crippen LogP contribution is 2.23. The number of nitrogens with two attached hydrogens (primary N) is 1. The molecule has 2 aromatic rings. The van der Waals surface area contributed by atoms with Crippen molar-refractivity contribution in [1.82, 2.24) is 0 Å². The first-order valence-electron chi connectivity index (χ1n) is 6.05. The van der Waals surface area contributed by atoms with Crippen LogP contribution in [0.1, 0.15) is 17.2 Å². The predicted octanol–water partition coefficient (Wildman–Crippen LogP) is 2.91. The molecular formula is C15H14F2N2O. The fraction of sp³-hybridized carbons (Fsp3) is 0.133. The first-order chi connectivity index (χ1) is 9.49. The Kier molecular flexibility index (Phi) is 3.98. The average molecular weight is 276 g/mol. The normalized spacial score (nSPS) is 11.9. The third-order valence-corrected chi connectivity index (χ3v) is 2.97. The highest BCUT2D eigenvalue weighted by molar-refractivity contribution is 5.84. The second-order valence-electron chi connectivity index (χ2n) is 4.47. The molecule has 1 unspecified atom stereocenters. The molecule has 1 amide bonds. The number of aryl methyl sites for hydroxylation is 1. The Morgan fingerprint density at radius 2 is 1.85 bits per heavy atom. The Morgan fingerprint density at radius 3 is 2.45 bits per heavy atom. The summed E-state index contributed by atoms with van der Waals surface area (Å²) in [6.07, 6.45) is 0. The van der Waals surface area contributed by atoms with Crippen molar-refractivity contribution in [3.8, 4) is 0 Å². The van der Waals surface area contributed by atoms with Crippen LogP contribution in [-0.4, -0.2) is 5.91 Å². The monoisotopic (exact) mass is 276 g/mol. The zero-order chi connectivity index (χ0) is 14.7. The van der Waals surface area contributed by atoms with E-state index >= 15 is 0 Å². The van der Waals surface area contributed by atoms with E-state index in [1.54, 1.807) is 19.1 Å². The number of para-hydroxylation sites is 1. The van der Waals surface area contributed by atoms with E-state index in [-0.39, 0.29) is 11.5 Å². The molecule has 2 rings (SSSR count). The first kappa shape index (κ1) is 14.0. The van der Waals surface area contributed by atoms with Crippen molar-refractivity contribution in [1.29, 1.82) is 0 Å². The number of amides is 1. The van der Waals surface area contributed by atoms with Crippen LogP contribution >= 0.6 is 0 Å². The van der Waals surface area contributed by atoms with Gasteiger partial charge in [-0.15, -0.1) is 0 Å². The molecule has 0 aliphatic heterocycles. The third kappa shape index (κ3) is 2.93. The maximum atomic E-state index is 13.6. The fourth-order valence-electron chi connectivity index (χ4n) is 1.90. The van der Waals surface area contributed by atoms with Crippen LogP contribution in [0, 0.1) is 18.6 Å². The van der Waals surface area contributed by atoms with Gasteiger partial charge in [-0.1, -0.05) is 24.3 Å². The van der Waals surface area contributed by atoms with Crippen LogP contribution in [0.2, 0.25) is 0 Å². The molecule has 0 radical (unpaired) electrons. The summed E-state index contributed by atoms with van der Waals surface area (Å²) in [6, 6.07) is 9.25. The van der Waals surface area contributed by atoms with E-state index in [1.165, 1.54) is 30.3 Å². The SMILES string of the molecule is Cc1cc(C(Nc2ccccc2F)C(N)=O)ccc1F. The maximum absolute atomic E-state index is 13.6. The second-order valence-corrected chi connectivity index (χ2v) is 4.47. The first-order valence-corrected chi connectivity index (χ1v) is 6.05. The van der Waals surface area contributed by atoms with Crippen molar-refractivity contribution in [2.45, 2.75) is 13.0 Å². The Balaban J connectivity index is 2.34. The van der Waals surface area contributed by atoms with Crippen molar-refractivity contribution in [2.24, 2.45) is 5.73 Å². The molecule has 0 heterocycles. The van der Waals surface area contributed by atoms with Crippen LogP contribution in [0.15, 0.2) is 42.5 Å². The van der Waals surface area contributed by atoms with E-state index < -0.39 is 17.8 Å². The van der Waals surface area contributed by atoms with Gasteiger partial charge in [0.25, 0.3) is 0 Å². The number of anilines is 1. The Bertz CT molecular complexity index is 644. The molecule has 5 heteroatoms. The Morgan fingerprint density at radius 1 is 1.15 bits per heavy atom. The van der Waals surface area contributed by atoms with E-state index in [0.29, 0.717) is 11.1 Å². The van der Waals surface area contributed by atoms with Gasteiger partial charge < -0.3 is 11.1 Å². The summed E-state index contributed by atoms with van der Waals surface area (Å²) in [7, 11) is 0. The molecule has 0 aliphatic carbocycles. The molecule has 20 heavy (non-hydrogen) atoms. The molecule has 3 nitrogen and oxygen atoms in total. The number of halogens is 2. The largest absolute Gasteiger partial charge is 0.368 e. The molecule has 0 aromatic heterocycles. The molecule has 0 fully saturated rings. The van der Waals surface area contributed by atoms with E-state index in [9.17, 15) is 13.6 Å². The number of hydrogen-bond donors (Lipinski definition) is 2. The van der Waals surface area contributed by atoms with Gasteiger partial charge in [0.2, 0.25) is 5.91 Å². The zero-order valence-corrected chi connectivity index (χ0v) is 10.9. The lowest BCUT2D eigenvalue weighted by Gasteiger charge is -2.18. The molecule has 0 saturated heterocycles. The maximum Gasteiger partial charge on any atom is 0.244 e. The Labute approximate surface area is 115 Å². The lowest BCUT2D eigenvalue weighted by molar-refractivity contribution is -0.118. The number of hydrogen-bond acceptors (Lipinski definition) is 2. The van der Waals surface area contributed by atoms with Gasteiger partial charge in [0.1, 0.15) is 17.7 Å². The minimum atomic E-state index is -0.925. The number of primary amides is 1. The average Bonchev–Trinajstić information content (AvgIpc) is 2.41. The highest BCUT2D eigenvalue weighted by atomic mass is 19.1. The molecule has 0 spiro atoms. The van der Waals surface area contributed by atoms with Gasteiger partial charge in [0.15, 0.2) is 0 Å². The van der Waals surface area contributed by atoms with Crippen LogP contribution in [0.4, 0.5) is 14.5 Å². The van der Waals surface area contributed by atoms with Gasteiger partial charge in [-0.2, -0.15) is 0 Å². The summed E-state index contributed by atoms with van der Waals surface area (Å²) in [5.74, 6) is -1.53. The molecule has 3 N–H and O–H groups in total. The summed E-state index contributed by atoms with van der Waals surface area (Å²) < 4.78 is 26.9. The smallest absolute Gasteiger partial charge is 0.244 e. The van der Waals surface area contributed by atoms with Crippen molar-refractivity contribution in [2.75, 3.05) is 5.32 Å². The Hall–Kier alpha value is -2.43. The van der Waals surface area contributed by atoms with Crippen LogP contribution in [0.5, 0.6) is 0 Å². The summed E-state index contributed by atoms with van der Waals surface area (Å²) in [4.78, 5) is 11.6. The molecule has 1 atom stereocenters. The second kappa shape index (κ2) is 5.69. The third-order valence-electron chi connectivity index (χ3n) is 2.97. The van der Waals surface area contributed by atoms with Crippen molar-refractivity contribution in [3.63, 3.8) is 0 Å². The van der Waals surface area contributed by atoms with Crippen LogP contribution < -0.4 is 11.1 Å². The topological polar surface area (TPSA) is 55.1 Å². The van der Waals surface area contributed by atoms with Crippen LogP contribution in [-0.2, 0) is 4.79 Å². The van der Waals surface area contributed by atoms with Gasteiger partial charge in [-0.05, 0) is 36.2 Å². The lowest BCUT2D eigenvalue weighted by atomic mass is 10.0. The van der Waals surface area contributed by atoms with Crippen molar-refractivity contribution < 1.29 is 13.6 Å². The number of nitrogens with one attached hydrogen (secondary N) is 1. The summed E-state index contributed by atoms with van der Waals surface area (Å²) in [6.45, 7) is 1.58. The molecule has 0 aliphatic rings. The van der Waals surface area contributed by atoms with Crippen LogP contribution in [0.3, 0.4) is 0 Å². The number of benzene rings is 2. The van der Waals surface area contributed by atoms with E-state index in [1.807, 2.05) is 0 Å². The number of carbonyl (C=O) groups is 1. The van der Waals surface area contributed by atoms with Gasteiger partial charge >= 0.3 is 0 Å². The van der Waals surface area contributed by atoms with E-state index in [2.05, 4.69) is 5.32 Å². The summed E-state index contributed by atoms with van der Waals surface area (Å²) in [5.41, 5.74) is 6.38. The molecule has 0 bridgehead atoms. The van der Waals surface area contributed by atoms with Crippen molar-refractivity contribution >= 4 is 11.6 Å². The molecule has 0 saturated carbocycles. The van der Waals surface area contributed by atoms with Gasteiger partial charge in [-0.25, -0.2) is 8.78 Å². The van der Waals surface area contributed by atoms with Crippen LogP contribution in [0.25, 0.3) is 0 Å². The summed E-state index contributed by atoms with van der Waals surface area (Å²) >= 11 is 0.